The van der Waals surface area contributed by atoms with Gasteiger partial charge >= 0.3 is 0 Å². The minimum absolute atomic E-state index is 0.167. The van der Waals surface area contributed by atoms with Gasteiger partial charge in [0.2, 0.25) is 0 Å². The Hall–Kier alpha value is -1.95. The van der Waals surface area contributed by atoms with Crippen molar-refractivity contribution in [1.29, 1.82) is 5.26 Å². The molecule has 0 saturated heterocycles. The van der Waals surface area contributed by atoms with Gasteiger partial charge in [-0.25, -0.2) is 4.39 Å². The molecule has 0 aromatic heterocycles. The van der Waals surface area contributed by atoms with Crippen LogP contribution in [0, 0.1) is 29.0 Å². The van der Waals surface area contributed by atoms with Crippen LogP contribution >= 0.6 is 0 Å². The first-order valence-corrected chi connectivity index (χ1v) is 8.84. The lowest BCUT2D eigenvalue weighted by molar-refractivity contribution is 0.254. The van der Waals surface area contributed by atoms with Crippen molar-refractivity contribution in [2.24, 2.45) is 11.8 Å². The molecule has 0 spiro atoms. The van der Waals surface area contributed by atoms with Crippen LogP contribution in [0.4, 0.5) is 8.78 Å². The van der Waals surface area contributed by atoms with E-state index in [0.29, 0.717) is 0 Å². The van der Waals surface area contributed by atoms with E-state index in [0.717, 1.165) is 31.1 Å². The summed E-state index contributed by atoms with van der Waals surface area (Å²) in [5, 5.41) is 8.30. The first kappa shape index (κ1) is 18.4. The van der Waals surface area contributed by atoms with E-state index >= 15 is 0 Å². The molecular formula is C21H25F2N. The van der Waals surface area contributed by atoms with Crippen LogP contribution in [0.2, 0.25) is 0 Å². The van der Waals surface area contributed by atoms with Crippen molar-refractivity contribution in [2.45, 2.75) is 51.4 Å². The number of halogens is 2. The molecule has 0 aliphatic heterocycles. The van der Waals surface area contributed by atoms with E-state index in [2.05, 4.69) is 0 Å². The molecule has 1 aromatic rings. The summed E-state index contributed by atoms with van der Waals surface area (Å²) in [4.78, 5) is 0. The maximum absolute atomic E-state index is 12.9. The van der Waals surface area contributed by atoms with E-state index < -0.39 is 5.83 Å². The fourth-order valence-corrected chi connectivity index (χ4v) is 3.45. The SMILES string of the molecule is N#CC(F)=CC=CCCC1CCC(CCc2ccc(F)cc2)CC1. The van der Waals surface area contributed by atoms with Gasteiger partial charge in [0.25, 0.3) is 0 Å². The molecule has 1 nitrogen and oxygen atoms in total. The third kappa shape index (κ3) is 6.66. The van der Waals surface area contributed by atoms with Crippen molar-refractivity contribution in [2.75, 3.05) is 0 Å². The summed E-state index contributed by atoms with van der Waals surface area (Å²) in [5.41, 5.74) is 1.22. The van der Waals surface area contributed by atoms with Crippen LogP contribution in [-0.4, -0.2) is 0 Å². The second kappa shape index (κ2) is 10.0. The first-order chi connectivity index (χ1) is 11.7. The first-order valence-electron chi connectivity index (χ1n) is 8.84. The zero-order valence-electron chi connectivity index (χ0n) is 14.1. The van der Waals surface area contributed by atoms with Crippen molar-refractivity contribution < 1.29 is 8.78 Å². The van der Waals surface area contributed by atoms with Gasteiger partial charge in [-0.1, -0.05) is 50.0 Å². The van der Waals surface area contributed by atoms with Crippen molar-refractivity contribution in [3.8, 4) is 6.07 Å². The van der Waals surface area contributed by atoms with E-state index in [1.54, 1.807) is 6.08 Å². The Morgan fingerprint density at radius 3 is 2.33 bits per heavy atom. The summed E-state index contributed by atoms with van der Waals surface area (Å²) in [7, 11) is 0. The highest BCUT2D eigenvalue weighted by atomic mass is 19.1. The lowest BCUT2D eigenvalue weighted by atomic mass is 9.78. The number of hydrogen-bond acceptors (Lipinski definition) is 1. The fraction of sp³-hybridized carbons (Fsp3) is 0.476. The van der Waals surface area contributed by atoms with Gasteiger partial charge in [-0.3, -0.25) is 0 Å². The predicted octanol–water partition coefficient (Wildman–Crippen LogP) is 6.28. The van der Waals surface area contributed by atoms with Gasteiger partial charge in [0.05, 0.1) is 0 Å². The van der Waals surface area contributed by atoms with Crippen molar-refractivity contribution in [3.63, 3.8) is 0 Å². The maximum atomic E-state index is 12.9. The van der Waals surface area contributed by atoms with Gasteiger partial charge in [-0.05, 0) is 61.3 Å². The lowest BCUT2D eigenvalue weighted by Gasteiger charge is -2.28. The van der Waals surface area contributed by atoms with Gasteiger partial charge in [-0.2, -0.15) is 9.65 Å². The minimum atomic E-state index is -0.743. The number of nitriles is 1. The molecule has 0 amide bonds. The van der Waals surface area contributed by atoms with Crippen molar-refractivity contribution in [1.82, 2.24) is 0 Å². The van der Waals surface area contributed by atoms with Gasteiger partial charge in [0.1, 0.15) is 11.9 Å². The van der Waals surface area contributed by atoms with Gasteiger partial charge in [0, 0.05) is 0 Å². The molecule has 1 saturated carbocycles. The Morgan fingerprint density at radius 1 is 1.08 bits per heavy atom. The fourth-order valence-electron chi connectivity index (χ4n) is 3.45. The number of allylic oxidation sites excluding steroid dienone is 4. The normalized spacial score (nSPS) is 21.8. The maximum Gasteiger partial charge on any atom is 0.199 e. The van der Waals surface area contributed by atoms with Gasteiger partial charge < -0.3 is 0 Å². The quantitative estimate of drug-likeness (QED) is 0.427. The number of rotatable bonds is 7. The second-order valence-corrected chi connectivity index (χ2v) is 6.68. The van der Waals surface area contributed by atoms with E-state index in [-0.39, 0.29) is 5.82 Å². The Bertz CT molecular complexity index is 587. The molecule has 128 valence electrons. The monoisotopic (exact) mass is 329 g/mol. The Morgan fingerprint density at radius 2 is 1.71 bits per heavy atom. The Labute approximate surface area is 143 Å². The number of hydrogen-bond donors (Lipinski definition) is 0. The summed E-state index contributed by atoms with van der Waals surface area (Å²) in [6.07, 6.45) is 14.2. The molecule has 0 bridgehead atoms. The van der Waals surface area contributed by atoms with E-state index in [1.807, 2.05) is 18.2 Å². The molecule has 2 rings (SSSR count). The predicted molar refractivity (Wildman–Crippen MR) is 93.3 cm³/mol. The van der Waals surface area contributed by atoms with E-state index in [1.165, 1.54) is 61.9 Å². The molecule has 24 heavy (non-hydrogen) atoms. The summed E-state index contributed by atoms with van der Waals surface area (Å²) < 4.78 is 25.5. The molecule has 1 aliphatic carbocycles. The molecule has 3 heteroatoms. The zero-order chi connectivity index (χ0) is 17.2. The summed E-state index contributed by atoms with van der Waals surface area (Å²) >= 11 is 0. The topological polar surface area (TPSA) is 23.8 Å². The average molecular weight is 329 g/mol. The molecule has 1 aromatic carbocycles. The molecule has 1 aliphatic rings. The summed E-state index contributed by atoms with van der Waals surface area (Å²) in [5.74, 6) is 0.642. The van der Waals surface area contributed by atoms with Crippen LogP contribution in [0.15, 0.2) is 48.3 Å². The highest BCUT2D eigenvalue weighted by molar-refractivity contribution is 5.18. The third-order valence-electron chi connectivity index (χ3n) is 4.95. The van der Waals surface area contributed by atoms with Gasteiger partial charge in [0.15, 0.2) is 5.83 Å². The number of benzene rings is 1. The molecule has 0 N–H and O–H groups in total. The van der Waals surface area contributed by atoms with Crippen LogP contribution < -0.4 is 0 Å². The minimum Gasteiger partial charge on any atom is -0.207 e. The molecule has 0 atom stereocenters. The largest absolute Gasteiger partial charge is 0.207 e. The van der Waals surface area contributed by atoms with Crippen LogP contribution in [-0.2, 0) is 6.42 Å². The summed E-state index contributed by atoms with van der Waals surface area (Å²) in [6, 6.07) is 8.31. The third-order valence-corrected chi connectivity index (χ3v) is 4.95. The van der Waals surface area contributed by atoms with Crippen LogP contribution in [0.3, 0.4) is 0 Å². The van der Waals surface area contributed by atoms with Gasteiger partial charge in [-0.15, -0.1) is 0 Å². The standard InChI is InChI=1S/C21H25F2N/c22-20-14-12-19(13-15-20)11-10-18-8-6-17(7-9-18)4-2-1-3-5-21(23)16-24/h1,3,5,12-15,17-18H,2,4,6-11H2. The smallest absolute Gasteiger partial charge is 0.199 e. The molecule has 0 heterocycles. The summed E-state index contributed by atoms with van der Waals surface area (Å²) in [6.45, 7) is 0. The molecule has 1 fully saturated rings. The Kier molecular flexibility index (Phi) is 7.68. The lowest BCUT2D eigenvalue weighted by Crippen LogP contribution is -2.15. The number of aryl methyl sites for hydroxylation is 1. The van der Waals surface area contributed by atoms with Crippen molar-refractivity contribution >= 4 is 0 Å². The van der Waals surface area contributed by atoms with Crippen LogP contribution in [0.1, 0.15) is 50.5 Å². The van der Waals surface area contributed by atoms with Crippen LogP contribution in [0.5, 0.6) is 0 Å². The Balaban J connectivity index is 1.61. The molecular weight excluding hydrogens is 304 g/mol. The molecule has 0 unspecified atom stereocenters. The van der Waals surface area contributed by atoms with E-state index in [4.69, 9.17) is 5.26 Å². The molecule has 0 radical (unpaired) electrons. The highest BCUT2D eigenvalue weighted by Crippen LogP contribution is 2.34. The second-order valence-electron chi connectivity index (χ2n) is 6.68. The van der Waals surface area contributed by atoms with E-state index in [9.17, 15) is 8.78 Å². The number of nitrogens with zero attached hydrogens (tertiary/aromatic N) is 1. The van der Waals surface area contributed by atoms with Crippen molar-refractivity contribution in [3.05, 3.63) is 59.7 Å². The van der Waals surface area contributed by atoms with Crippen LogP contribution in [0.25, 0.3) is 0 Å². The zero-order valence-corrected chi connectivity index (χ0v) is 14.1. The highest BCUT2D eigenvalue weighted by Gasteiger charge is 2.20. The average Bonchev–Trinajstić information content (AvgIpc) is 2.61.